The molecular formula is C24H27N3O2S. The molecule has 6 heteroatoms. The predicted octanol–water partition coefficient (Wildman–Crippen LogP) is 5.49. The van der Waals surface area contributed by atoms with Gasteiger partial charge < -0.3 is 10.6 Å². The van der Waals surface area contributed by atoms with E-state index in [0.29, 0.717) is 17.8 Å². The molecule has 3 aromatic rings. The van der Waals surface area contributed by atoms with Crippen LogP contribution in [0.25, 0.3) is 10.9 Å². The van der Waals surface area contributed by atoms with E-state index in [0.717, 1.165) is 39.0 Å². The lowest BCUT2D eigenvalue weighted by Crippen LogP contribution is -2.15. The molecule has 0 spiro atoms. The Hall–Kier alpha value is -2.86. The van der Waals surface area contributed by atoms with Crippen LogP contribution in [0.3, 0.4) is 0 Å². The maximum atomic E-state index is 12.5. The highest BCUT2D eigenvalue weighted by Crippen LogP contribution is 2.27. The van der Waals surface area contributed by atoms with E-state index < -0.39 is 0 Å². The number of rotatable bonds is 7. The fourth-order valence-electron chi connectivity index (χ4n) is 3.16. The van der Waals surface area contributed by atoms with Gasteiger partial charge in [0, 0.05) is 23.2 Å². The van der Waals surface area contributed by atoms with Crippen molar-refractivity contribution in [3.63, 3.8) is 0 Å². The summed E-state index contributed by atoms with van der Waals surface area (Å²) in [6, 6.07) is 13.8. The molecule has 0 aliphatic rings. The summed E-state index contributed by atoms with van der Waals surface area (Å²) in [5, 5.41) is 7.81. The normalized spacial score (nSPS) is 10.8. The molecule has 0 bridgehead atoms. The Kier molecular flexibility index (Phi) is 7.11. The van der Waals surface area contributed by atoms with Crippen LogP contribution in [-0.2, 0) is 16.0 Å². The number of benzene rings is 2. The van der Waals surface area contributed by atoms with Crippen LogP contribution in [0.2, 0.25) is 0 Å². The van der Waals surface area contributed by atoms with Crippen molar-refractivity contribution < 1.29 is 9.59 Å². The van der Waals surface area contributed by atoms with Gasteiger partial charge in [0.15, 0.2) is 0 Å². The number of nitrogens with zero attached hydrogens (tertiary/aromatic N) is 1. The molecule has 5 nitrogen and oxygen atoms in total. The average Bonchev–Trinajstić information content (AvgIpc) is 2.74. The van der Waals surface area contributed by atoms with E-state index in [4.69, 9.17) is 4.98 Å². The zero-order valence-corrected chi connectivity index (χ0v) is 18.7. The standard InChI is InChI=1S/C24H27N3O2S/c1-5-17-12-18-9-7-8-16(4)23(18)27-24(17)30-14-22(29)25-19-11-10-15(3)20(13-19)26-21(28)6-2/h7-13H,5-6,14H2,1-4H3,(H,25,29)(H,26,28). The quantitative estimate of drug-likeness (QED) is 0.495. The van der Waals surface area contributed by atoms with Gasteiger partial charge in [0.25, 0.3) is 0 Å². The van der Waals surface area contributed by atoms with Gasteiger partial charge in [-0.05, 0) is 55.2 Å². The maximum absolute atomic E-state index is 12.5. The predicted molar refractivity (Wildman–Crippen MR) is 125 cm³/mol. The van der Waals surface area contributed by atoms with Crippen molar-refractivity contribution in [1.29, 1.82) is 0 Å². The fraction of sp³-hybridized carbons (Fsp3) is 0.292. The number of amides is 2. The molecule has 2 amide bonds. The van der Waals surface area contributed by atoms with E-state index >= 15 is 0 Å². The Bertz CT molecular complexity index is 1100. The van der Waals surface area contributed by atoms with Gasteiger partial charge >= 0.3 is 0 Å². The summed E-state index contributed by atoms with van der Waals surface area (Å²) >= 11 is 1.45. The van der Waals surface area contributed by atoms with E-state index in [-0.39, 0.29) is 17.6 Å². The van der Waals surface area contributed by atoms with Crippen LogP contribution in [-0.4, -0.2) is 22.6 Å². The Labute approximate surface area is 181 Å². The number of thioether (sulfide) groups is 1. The molecule has 0 saturated carbocycles. The summed E-state index contributed by atoms with van der Waals surface area (Å²) in [4.78, 5) is 29.1. The molecule has 1 aromatic heterocycles. The number of para-hydroxylation sites is 1. The highest BCUT2D eigenvalue weighted by molar-refractivity contribution is 8.00. The number of carbonyl (C=O) groups is 2. The molecule has 30 heavy (non-hydrogen) atoms. The van der Waals surface area contributed by atoms with Crippen molar-refractivity contribution in [3.8, 4) is 0 Å². The van der Waals surface area contributed by atoms with E-state index in [2.05, 4.69) is 42.7 Å². The summed E-state index contributed by atoms with van der Waals surface area (Å²) in [5.41, 5.74) is 5.58. The van der Waals surface area contributed by atoms with Crippen molar-refractivity contribution in [2.24, 2.45) is 0 Å². The zero-order valence-electron chi connectivity index (χ0n) is 17.8. The summed E-state index contributed by atoms with van der Waals surface area (Å²) < 4.78 is 0. The molecular weight excluding hydrogens is 394 g/mol. The number of aromatic nitrogens is 1. The second-order valence-electron chi connectivity index (χ2n) is 7.22. The molecule has 0 fully saturated rings. The van der Waals surface area contributed by atoms with Crippen molar-refractivity contribution in [2.45, 2.75) is 45.6 Å². The van der Waals surface area contributed by atoms with Crippen LogP contribution in [0, 0.1) is 13.8 Å². The smallest absolute Gasteiger partial charge is 0.234 e. The number of fused-ring (bicyclic) bond motifs is 1. The molecule has 2 aromatic carbocycles. The Morgan fingerprint density at radius 3 is 2.50 bits per heavy atom. The maximum Gasteiger partial charge on any atom is 0.234 e. The lowest BCUT2D eigenvalue weighted by molar-refractivity contribution is -0.116. The van der Waals surface area contributed by atoms with Gasteiger partial charge in [0.05, 0.1) is 11.3 Å². The molecule has 1 heterocycles. The molecule has 3 rings (SSSR count). The van der Waals surface area contributed by atoms with Crippen molar-refractivity contribution in [1.82, 2.24) is 4.98 Å². The Morgan fingerprint density at radius 1 is 0.967 bits per heavy atom. The van der Waals surface area contributed by atoms with E-state index in [1.807, 2.05) is 25.1 Å². The number of anilines is 2. The third-order valence-corrected chi connectivity index (χ3v) is 5.96. The first-order valence-corrected chi connectivity index (χ1v) is 11.1. The largest absolute Gasteiger partial charge is 0.326 e. The lowest BCUT2D eigenvalue weighted by Gasteiger charge is -2.12. The first kappa shape index (κ1) is 21.8. The molecule has 0 saturated heterocycles. The molecule has 0 aliphatic heterocycles. The van der Waals surface area contributed by atoms with Crippen LogP contribution in [0.5, 0.6) is 0 Å². The molecule has 0 aliphatic carbocycles. The Morgan fingerprint density at radius 2 is 1.77 bits per heavy atom. The van der Waals surface area contributed by atoms with Gasteiger partial charge in [-0.15, -0.1) is 0 Å². The SMILES string of the molecule is CCC(=O)Nc1cc(NC(=O)CSc2nc3c(C)cccc3cc2CC)ccc1C. The van der Waals surface area contributed by atoms with E-state index in [1.54, 1.807) is 13.0 Å². The average molecular weight is 422 g/mol. The zero-order chi connectivity index (χ0) is 21.7. The van der Waals surface area contributed by atoms with Gasteiger partial charge in [-0.2, -0.15) is 0 Å². The topological polar surface area (TPSA) is 71.1 Å². The monoisotopic (exact) mass is 421 g/mol. The minimum atomic E-state index is -0.106. The van der Waals surface area contributed by atoms with Crippen LogP contribution in [0.4, 0.5) is 11.4 Å². The lowest BCUT2D eigenvalue weighted by atomic mass is 10.1. The van der Waals surface area contributed by atoms with Crippen molar-refractivity contribution in [3.05, 3.63) is 59.2 Å². The first-order chi connectivity index (χ1) is 14.4. The molecule has 2 N–H and O–H groups in total. The third kappa shape index (κ3) is 5.19. The van der Waals surface area contributed by atoms with Gasteiger partial charge in [0.2, 0.25) is 11.8 Å². The second-order valence-corrected chi connectivity index (χ2v) is 8.19. The number of aryl methyl sites for hydroxylation is 3. The van der Waals surface area contributed by atoms with Crippen LogP contribution in [0.15, 0.2) is 47.5 Å². The van der Waals surface area contributed by atoms with Gasteiger partial charge in [-0.25, -0.2) is 4.98 Å². The molecule has 0 unspecified atom stereocenters. The summed E-state index contributed by atoms with van der Waals surface area (Å²) in [6.07, 6.45) is 1.27. The van der Waals surface area contributed by atoms with Gasteiger partial charge in [-0.1, -0.05) is 49.9 Å². The first-order valence-electron chi connectivity index (χ1n) is 10.1. The third-order valence-electron chi connectivity index (χ3n) is 4.92. The van der Waals surface area contributed by atoms with Gasteiger partial charge in [0.1, 0.15) is 5.03 Å². The molecule has 156 valence electrons. The van der Waals surface area contributed by atoms with E-state index in [9.17, 15) is 9.59 Å². The highest BCUT2D eigenvalue weighted by Gasteiger charge is 2.12. The number of hydrogen-bond donors (Lipinski definition) is 2. The summed E-state index contributed by atoms with van der Waals surface area (Å²) in [5.74, 6) is 0.106. The molecule has 0 radical (unpaired) electrons. The van der Waals surface area contributed by atoms with Crippen molar-refractivity contribution >= 4 is 45.9 Å². The number of pyridine rings is 1. The summed E-state index contributed by atoms with van der Waals surface area (Å²) in [6.45, 7) is 7.88. The van der Waals surface area contributed by atoms with Crippen LogP contribution >= 0.6 is 11.8 Å². The number of nitrogens with one attached hydrogen (secondary N) is 2. The summed E-state index contributed by atoms with van der Waals surface area (Å²) in [7, 11) is 0. The van der Waals surface area contributed by atoms with Crippen LogP contribution in [0.1, 0.15) is 37.0 Å². The van der Waals surface area contributed by atoms with Crippen molar-refractivity contribution in [2.75, 3.05) is 16.4 Å². The highest BCUT2D eigenvalue weighted by atomic mass is 32.2. The second kappa shape index (κ2) is 9.76. The van der Waals surface area contributed by atoms with Gasteiger partial charge in [-0.3, -0.25) is 9.59 Å². The minimum absolute atomic E-state index is 0.0538. The fourth-order valence-corrected chi connectivity index (χ4v) is 4.04. The molecule has 0 atom stereocenters. The number of hydrogen-bond acceptors (Lipinski definition) is 4. The van der Waals surface area contributed by atoms with E-state index in [1.165, 1.54) is 11.8 Å². The van der Waals surface area contributed by atoms with Crippen LogP contribution < -0.4 is 10.6 Å². The Balaban J connectivity index is 1.71. The number of carbonyl (C=O) groups excluding carboxylic acids is 2. The minimum Gasteiger partial charge on any atom is -0.326 e.